The van der Waals surface area contributed by atoms with Crippen LogP contribution < -0.4 is 0 Å². The Balaban J connectivity index is 1.57. The number of rotatable bonds is 6. The first-order chi connectivity index (χ1) is 13.7. The van der Waals surface area contributed by atoms with Gasteiger partial charge < -0.3 is 4.90 Å². The smallest absolute Gasteiger partial charge is 0.254 e. The zero-order chi connectivity index (χ0) is 19.3. The molecule has 136 valence electrons. The summed E-state index contributed by atoms with van der Waals surface area (Å²) in [5.41, 5.74) is 3.95. The number of hydrogen-bond donors (Lipinski definition) is 0. The molecule has 3 aromatic carbocycles. The minimum atomic E-state index is -0.409. The maximum absolute atomic E-state index is 13.3. The molecule has 1 aliphatic heterocycles. The van der Waals surface area contributed by atoms with Crippen molar-refractivity contribution in [2.75, 3.05) is 0 Å². The Morgan fingerprint density at radius 1 is 0.852 bits per heavy atom. The monoisotopic (exact) mass is 356 g/mol. The molecule has 0 aromatic heterocycles. The highest BCUT2D eigenvalue weighted by molar-refractivity contribution is 5.97. The van der Waals surface area contributed by atoms with Crippen LogP contribution in [-0.2, 0) is 19.4 Å². The number of amides is 1. The highest BCUT2D eigenvalue weighted by atomic mass is 16.2. The van der Waals surface area contributed by atoms with Crippen LogP contribution in [0, 0.1) is 0 Å². The van der Waals surface area contributed by atoms with E-state index in [4.69, 9.17) is 1.37 Å². The van der Waals surface area contributed by atoms with E-state index in [1.807, 2.05) is 65.6 Å². The molecule has 0 unspecified atom stereocenters. The molecule has 1 heterocycles. The normalized spacial score (nSPS) is 19.5. The van der Waals surface area contributed by atoms with Crippen molar-refractivity contribution < 1.29 is 6.17 Å². The van der Waals surface area contributed by atoms with Gasteiger partial charge in [-0.3, -0.25) is 4.79 Å². The van der Waals surface area contributed by atoms with Crippen LogP contribution in [0.3, 0.4) is 0 Å². The van der Waals surface area contributed by atoms with Gasteiger partial charge in [0.1, 0.15) is 0 Å². The summed E-state index contributed by atoms with van der Waals surface area (Å²) in [5.74, 6) is 0.0488. The molecule has 0 saturated heterocycles. The summed E-state index contributed by atoms with van der Waals surface area (Å²) in [6.07, 6.45) is 2.35. The molecule has 0 bridgehead atoms. The molecule has 1 amide bonds. The highest BCUT2D eigenvalue weighted by Gasteiger charge is 2.31. The summed E-state index contributed by atoms with van der Waals surface area (Å²) in [5, 5.41) is 0. The van der Waals surface area contributed by atoms with Gasteiger partial charge in [-0.25, -0.2) is 0 Å². The molecular weight excluding hydrogens is 330 g/mol. The van der Waals surface area contributed by atoms with Crippen molar-refractivity contribution in [1.29, 1.82) is 0 Å². The van der Waals surface area contributed by atoms with Crippen molar-refractivity contribution in [3.8, 4) is 0 Å². The second kappa shape index (κ2) is 8.22. The lowest BCUT2D eigenvalue weighted by atomic mass is 9.89. The van der Waals surface area contributed by atoms with Crippen molar-refractivity contribution in [2.24, 2.45) is 0 Å². The largest absolute Gasteiger partial charge is 0.331 e. The van der Waals surface area contributed by atoms with E-state index in [-0.39, 0.29) is 11.9 Å². The molecule has 0 radical (unpaired) electrons. The summed E-state index contributed by atoms with van der Waals surface area (Å²) in [4.78, 5) is 15.2. The molecule has 27 heavy (non-hydrogen) atoms. The fourth-order valence-electron chi connectivity index (χ4n) is 3.81. The standard InChI is InChI=1S/C25H25NO/c27-25-24-17-8-7-15-22(24)18-23(16-9-14-20-10-3-1-4-11-20)26(25)19-21-12-5-2-6-13-21/h1-8,10-13,15,17,23H,9,14,16,18-19H2/t23-/m0/s1/i18D/t18-,23+/m1. The van der Waals surface area contributed by atoms with Gasteiger partial charge in [0.25, 0.3) is 5.91 Å². The minimum Gasteiger partial charge on any atom is -0.331 e. The third kappa shape index (κ3) is 4.11. The third-order valence-corrected chi connectivity index (χ3v) is 5.23. The Morgan fingerprint density at radius 3 is 2.22 bits per heavy atom. The molecule has 0 saturated carbocycles. The average Bonchev–Trinajstić information content (AvgIpc) is 2.75. The molecule has 4 rings (SSSR count). The fourth-order valence-corrected chi connectivity index (χ4v) is 3.81. The number of nitrogens with zero attached hydrogens (tertiary/aromatic N) is 1. The first kappa shape index (κ1) is 16.3. The summed E-state index contributed by atoms with van der Waals surface area (Å²) < 4.78 is 8.89. The van der Waals surface area contributed by atoms with Crippen LogP contribution in [0.4, 0.5) is 0 Å². The molecule has 0 spiro atoms. The number of aryl methyl sites for hydroxylation is 1. The van der Waals surface area contributed by atoms with Gasteiger partial charge in [-0.1, -0.05) is 78.9 Å². The van der Waals surface area contributed by atoms with Crippen LogP contribution in [0.5, 0.6) is 0 Å². The van der Waals surface area contributed by atoms with E-state index < -0.39 is 6.40 Å². The fraction of sp³-hybridized carbons (Fsp3) is 0.240. The Bertz CT molecular complexity index is 926. The van der Waals surface area contributed by atoms with Gasteiger partial charge in [-0.2, -0.15) is 0 Å². The zero-order valence-corrected chi connectivity index (χ0v) is 15.4. The Hall–Kier alpha value is -2.87. The van der Waals surface area contributed by atoms with Gasteiger partial charge in [0.2, 0.25) is 0 Å². The van der Waals surface area contributed by atoms with Gasteiger partial charge in [-0.15, -0.1) is 0 Å². The minimum absolute atomic E-state index is 0.0488. The average molecular weight is 356 g/mol. The van der Waals surface area contributed by atoms with Crippen molar-refractivity contribution >= 4 is 5.91 Å². The molecule has 1 aliphatic rings. The summed E-state index contributed by atoms with van der Waals surface area (Å²) >= 11 is 0. The number of benzene rings is 3. The van der Waals surface area contributed by atoms with Crippen LogP contribution in [0.2, 0.25) is 0 Å². The number of carbonyl (C=O) groups excluding carboxylic acids is 1. The predicted molar refractivity (Wildman–Crippen MR) is 110 cm³/mol. The lowest BCUT2D eigenvalue weighted by Gasteiger charge is -2.37. The first-order valence-electron chi connectivity index (χ1n) is 10.2. The van der Waals surface area contributed by atoms with Crippen molar-refractivity contribution in [2.45, 2.75) is 38.2 Å². The van der Waals surface area contributed by atoms with Crippen LogP contribution >= 0.6 is 0 Å². The maximum atomic E-state index is 13.3. The van der Waals surface area contributed by atoms with E-state index >= 15 is 0 Å². The molecule has 0 aliphatic carbocycles. The molecule has 0 N–H and O–H groups in total. The second-order valence-corrected chi connectivity index (χ2v) is 7.12. The summed E-state index contributed by atoms with van der Waals surface area (Å²) in [6, 6.07) is 28.0. The van der Waals surface area contributed by atoms with E-state index in [2.05, 4.69) is 24.3 Å². The first-order valence-corrected chi connectivity index (χ1v) is 9.64. The maximum Gasteiger partial charge on any atom is 0.254 e. The predicted octanol–water partition coefficient (Wildman–Crippen LogP) is 5.28. The molecule has 2 atom stereocenters. The van der Waals surface area contributed by atoms with E-state index in [0.29, 0.717) is 12.1 Å². The van der Waals surface area contributed by atoms with Crippen molar-refractivity contribution in [3.63, 3.8) is 0 Å². The van der Waals surface area contributed by atoms with E-state index in [0.717, 1.165) is 30.4 Å². The van der Waals surface area contributed by atoms with E-state index in [1.54, 1.807) is 0 Å². The lowest BCUT2D eigenvalue weighted by molar-refractivity contribution is 0.0618. The van der Waals surface area contributed by atoms with Gasteiger partial charge in [0.05, 0.1) is 0 Å². The SMILES string of the molecule is [2H][C@@H]1c2ccccc2C(=O)N(Cc2ccccc2)[C@H]1CCCc1ccccc1. The Labute approximate surface area is 162 Å². The topological polar surface area (TPSA) is 20.3 Å². The zero-order valence-electron chi connectivity index (χ0n) is 16.4. The highest BCUT2D eigenvalue weighted by Crippen LogP contribution is 2.27. The molecular formula is C25H25NO. The number of carbonyl (C=O) groups is 1. The van der Waals surface area contributed by atoms with Gasteiger partial charge in [0.15, 0.2) is 0 Å². The molecule has 2 heteroatoms. The Morgan fingerprint density at radius 2 is 1.48 bits per heavy atom. The molecule has 0 fully saturated rings. The van der Waals surface area contributed by atoms with Crippen molar-refractivity contribution in [1.82, 2.24) is 4.90 Å². The Kier molecular flexibility index (Phi) is 4.96. The molecule has 3 aromatic rings. The lowest BCUT2D eigenvalue weighted by Crippen LogP contribution is -2.45. The summed E-state index contributed by atoms with van der Waals surface area (Å²) in [6.45, 7) is 0.555. The third-order valence-electron chi connectivity index (χ3n) is 5.23. The van der Waals surface area contributed by atoms with Crippen molar-refractivity contribution in [3.05, 3.63) is 107 Å². The second-order valence-electron chi connectivity index (χ2n) is 7.12. The van der Waals surface area contributed by atoms with Gasteiger partial charge >= 0.3 is 0 Å². The quantitative estimate of drug-likeness (QED) is 0.589. The molecule has 2 nitrogen and oxygen atoms in total. The van der Waals surface area contributed by atoms with Crippen LogP contribution in [0.25, 0.3) is 0 Å². The van der Waals surface area contributed by atoms with Crippen LogP contribution in [0.15, 0.2) is 84.9 Å². The van der Waals surface area contributed by atoms with E-state index in [1.165, 1.54) is 5.56 Å². The van der Waals surface area contributed by atoms with Gasteiger partial charge in [-0.05, 0) is 48.4 Å². The number of fused-ring (bicyclic) bond motifs is 1. The van der Waals surface area contributed by atoms with E-state index in [9.17, 15) is 4.79 Å². The number of hydrogen-bond acceptors (Lipinski definition) is 1. The van der Waals surface area contributed by atoms with Crippen LogP contribution in [0.1, 0.15) is 41.3 Å². The summed E-state index contributed by atoms with van der Waals surface area (Å²) in [7, 11) is 0. The van der Waals surface area contributed by atoms with Gasteiger partial charge in [0, 0.05) is 19.5 Å². The van der Waals surface area contributed by atoms with Crippen LogP contribution in [-0.4, -0.2) is 16.8 Å².